The van der Waals surface area contributed by atoms with Crippen molar-refractivity contribution in [3.63, 3.8) is 0 Å². The van der Waals surface area contributed by atoms with Gasteiger partial charge in [-0.2, -0.15) is 5.26 Å². The number of benzene rings is 3. The van der Waals surface area contributed by atoms with Crippen LogP contribution >= 0.6 is 34.4 Å². The molecule has 1 aliphatic heterocycles. The van der Waals surface area contributed by atoms with Crippen LogP contribution < -0.4 is 4.74 Å². The molecule has 0 bridgehead atoms. The van der Waals surface area contributed by atoms with Crippen molar-refractivity contribution in [2.75, 3.05) is 0 Å². The van der Waals surface area contributed by atoms with Crippen LogP contribution in [0.1, 0.15) is 27.8 Å². The molecule has 3 aromatic carbocycles. The standard InChI is InChI=1S/C26H19IN2O3S/c1-17-6-8-18(9-7-17)16-32-23-11-10-19(12-22(23)27)13-24-25(30)29(26(31)33-24)15-21-5-3-2-4-20(21)14-28/h2-13H,15-16H2,1H3/b24-13+. The zero-order chi connectivity index (χ0) is 23.4. The van der Waals surface area contributed by atoms with E-state index in [-0.39, 0.29) is 17.7 Å². The molecule has 0 saturated carbocycles. The van der Waals surface area contributed by atoms with Gasteiger partial charge in [0.05, 0.1) is 26.7 Å². The van der Waals surface area contributed by atoms with E-state index in [1.165, 1.54) is 10.5 Å². The van der Waals surface area contributed by atoms with E-state index in [1.807, 2.05) is 37.3 Å². The number of amides is 2. The quantitative estimate of drug-likeness (QED) is 0.259. The fraction of sp³-hybridized carbons (Fsp3) is 0.115. The highest BCUT2D eigenvalue weighted by molar-refractivity contribution is 14.1. The summed E-state index contributed by atoms with van der Waals surface area (Å²) >= 11 is 3.11. The topological polar surface area (TPSA) is 70.4 Å². The Hall–Kier alpha value is -3.09. The minimum absolute atomic E-state index is 0.0784. The molecular weight excluding hydrogens is 547 g/mol. The van der Waals surface area contributed by atoms with Gasteiger partial charge in [0, 0.05) is 0 Å². The van der Waals surface area contributed by atoms with Crippen LogP contribution in [0.4, 0.5) is 4.79 Å². The lowest BCUT2D eigenvalue weighted by atomic mass is 10.1. The minimum Gasteiger partial charge on any atom is -0.488 e. The summed E-state index contributed by atoms with van der Waals surface area (Å²) in [4.78, 5) is 26.9. The number of hydrogen-bond donors (Lipinski definition) is 0. The summed E-state index contributed by atoms with van der Waals surface area (Å²) in [5.74, 6) is 0.405. The van der Waals surface area contributed by atoms with Crippen molar-refractivity contribution in [3.05, 3.63) is 103 Å². The summed E-state index contributed by atoms with van der Waals surface area (Å²) in [5.41, 5.74) is 4.21. The zero-order valence-electron chi connectivity index (χ0n) is 17.7. The summed E-state index contributed by atoms with van der Waals surface area (Å²) < 4.78 is 6.85. The van der Waals surface area contributed by atoms with Crippen molar-refractivity contribution >= 4 is 51.6 Å². The van der Waals surface area contributed by atoms with Crippen LogP contribution in [-0.4, -0.2) is 16.0 Å². The Morgan fingerprint density at radius 2 is 1.85 bits per heavy atom. The second-order valence-electron chi connectivity index (χ2n) is 7.50. The number of nitriles is 1. The Morgan fingerprint density at radius 1 is 1.09 bits per heavy atom. The van der Waals surface area contributed by atoms with Gasteiger partial charge in [-0.15, -0.1) is 0 Å². The van der Waals surface area contributed by atoms with Crippen molar-refractivity contribution in [2.45, 2.75) is 20.1 Å². The van der Waals surface area contributed by atoms with Crippen LogP contribution in [-0.2, 0) is 17.9 Å². The van der Waals surface area contributed by atoms with Crippen molar-refractivity contribution < 1.29 is 14.3 Å². The summed E-state index contributed by atoms with van der Waals surface area (Å²) in [6.45, 7) is 2.60. The van der Waals surface area contributed by atoms with Crippen LogP contribution in [0, 0.1) is 21.8 Å². The maximum atomic E-state index is 12.9. The lowest BCUT2D eigenvalue weighted by Crippen LogP contribution is -2.27. The average Bonchev–Trinajstić information content (AvgIpc) is 3.07. The van der Waals surface area contributed by atoms with Gasteiger partial charge in [-0.3, -0.25) is 14.5 Å². The lowest BCUT2D eigenvalue weighted by molar-refractivity contribution is -0.123. The number of imide groups is 1. The van der Waals surface area contributed by atoms with Gasteiger partial charge in [-0.05, 0) is 82.2 Å². The van der Waals surface area contributed by atoms with Gasteiger partial charge in [-0.1, -0.05) is 54.1 Å². The van der Waals surface area contributed by atoms with Gasteiger partial charge in [-0.25, -0.2) is 0 Å². The first kappa shape index (κ1) is 23.1. The summed E-state index contributed by atoms with van der Waals surface area (Å²) in [5, 5.41) is 8.93. The van der Waals surface area contributed by atoms with E-state index >= 15 is 0 Å². The predicted molar refractivity (Wildman–Crippen MR) is 137 cm³/mol. The van der Waals surface area contributed by atoms with Gasteiger partial charge in [0.1, 0.15) is 12.4 Å². The van der Waals surface area contributed by atoms with Gasteiger partial charge in [0.15, 0.2) is 0 Å². The number of ether oxygens (including phenoxy) is 1. The molecule has 2 amide bonds. The average molecular weight is 566 g/mol. The monoisotopic (exact) mass is 566 g/mol. The largest absolute Gasteiger partial charge is 0.488 e. The van der Waals surface area contributed by atoms with Crippen LogP contribution in [0.25, 0.3) is 6.08 Å². The normalized spacial score (nSPS) is 14.6. The predicted octanol–water partition coefficient (Wildman–Crippen LogP) is 6.29. The number of carbonyl (C=O) groups is 2. The minimum atomic E-state index is -0.354. The van der Waals surface area contributed by atoms with Crippen LogP contribution in [0.15, 0.2) is 71.6 Å². The molecule has 1 heterocycles. The molecule has 0 aliphatic carbocycles. The third-order valence-electron chi connectivity index (χ3n) is 5.11. The molecule has 164 valence electrons. The first-order chi connectivity index (χ1) is 15.9. The van der Waals surface area contributed by atoms with Crippen molar-refractivity contribution in [1.29, 1.82) is 5.26 Å². The third kappa shape index (κ3) is 5.46. The Bertz CT molecular complexity index is 1300. The van der Waals surface area contributed by atoms with Crippen molar-refractivity contribution in [1.82, 2.24) is 4.90 Å². The number of rotatable bonds is 6. The molecular formula is C26H19IN2O3S. The fourth-order valence-electron chi connectivity index (χ4n) is 3.29. The first-order valence-electron chi connectivity index (χ1n) is 10.2. The molecule has 0 spiro atoms. The SMILES string of the molecule is Cc1ccc(COc2ccc(/C=C3/SC(=O)N(Cc4ccccc4C#N)C3=O)cc2I)cc1. The molecule has 0 atom stereocenters. The highest BCUT2D eigenvalue weighted by Gasteiger charge is 2.35. The molecule has 0 radical (unpaired) electrons. The van der Waals surface area contributed by atoms with Crippen LogP contribution in [0.5, 0.6) is 5.75 Å². The molecule has 3 aromatic rings. The van der Waals surface area contributed by atoms with Gasteiger partial charge >= 0.3 is 0 Å². The van der Waals surface area contributed by atoms with E-state index in [2.05, 4.69) is 40.8 Å². The van der Waals surface area contributed by atoms with Crippen molar-refractivity contribution in [2.24, 2.45) is 0 Å². The lowest BCUT2D eigenvalue weighted by Gasteiger charge is -2.13. The third-order valence-corrected chi connectivity index (χ3v) is 6.86. The summed E-state index contributed by atoms with van der Waals surface area (Å²) in [6, 6.07) is 22.9. The molecule has 5 nitrogen and oxygen atoms in total. The number of halogens is 1. The zero-order valence-corrected chi connectivity index (χ0v) is 20.7. The second kappa shape index (κ2) is 10.2. The molecule has 0 N–H and O–H groups in total. The van der Waals surface area contributed by atoms with E-state index in [0.717, 1.165) is 32.2 Å². The molecule has 7 heteroatoms. The number of hydrogen-bond acceptors (Lipinski definition) is 5. The number of thioether (sulfide) groups is 1. The van der Waals surface area contributed by atoms with Crippen molar-refractivity contribution in [3.8, 4) is 11.8 Å². The van der Waals surface area contributed by atoms with Crippen LogP contribution in [0.2, 0.25) is 0 Å². The van der Waals surface area contributed by atoms with E-state index in [1.54, 1.807) is 30.3 Å². The number of aryl methyl sites for hydroxylation is 1. The van der Waals surface area contributed by atoms with E-state index in [0.29, 0.717) is 22.6 Å². The number of nitrogens with zero attached hydrogens (tertiary/aromatic N) is 2. The highest BCUT2D eigenvalue weighted by atomic mass is 127. The molecule has 33 heavy (non-hydrogen) atoms. The second-order valence-corrected chi connectivity index (χ2v) is 9.66. The fourth-order valence-corrected chi connectivity index (χ4v) is 4.83. The maximum absolute atomic E-state index is 12.9. The Labute approximate surface area is 210 Å². The van der Waals surface area contributed by atoms with Gasteiger partial charge < -0.3 is 4.74 Å². The van der Waals surface area contributed by atoms with E-state index in [4.69, 9.17) is 4.74 Å². The Balaban J connectivity index is 1.46. The molecule has 1 saturated heterocycles. The number of carbonyl (C=O) groups excluding carboxylic acids is 2. The van der Waals surface area contributed by atoms with E-state index in [9.17, 15) is 14.9 Å². The first-order valence-corrected chi connectivity index (χ1v) is 12.1. The molecule has 1 fully saturated rings. The molecule has 0 unspecified atom stereocenters. The summed E-state index contributed by atoms with van der Waals surface area (Å²) in [6.07, 6.45) is 1.72. The van der Waals surface area contributed by atoms with Crippen LogP contribution in [0.3, 0.4) is 0 Å². The Morgan fingerprint density at radius 3 is 2.58 bits per heavy atom. The highest BCUT2D eigenvalue weighted by Crippen LogP contribution is 2.34. The molecule has 0 aromatic heterocycles. The molecule has 4 rings (SSSR count). The Kier molecular flexibility index (Phi) is 7.16. The smallest absolute Gasteiger partial charge is 0.293 e. The maximum Gasteiger partial charge on any atom is 0.293 e. The van der Waals surface area contributed by atoms with Gasteiger partial charge in [0.25, 0.3) is 11.1 Å². The summed E-state index contributed by atoms with van der Waals surface area (Å²) in [7, 11) is 0. The van der Waals surface area contributed by atoms with E-state index < -0.39 is 0 Å². The molecule has 1 aliphatic rings. The van der Waals surface area contributed by atoms with Gasteiger partial charge in [0.2, 0.25) is 0 Å².